The molecular formula is C17H19NO4. The van der Waals surface area contributed by atoms with Crippen LogP contribution in [0.1, 0.15) is 17.0 Å². The maximum atomic E-state index is 11.2. The van der Waals surface area contributed by atoms with Crippen molar-refractivity contribution in [1.82, 2.24) is 0 Å². The third kappa shape index (κ3) is 3.77. The average molecular weight is 301 g/mol. The van der Waals surface area contributed by atoms with Gasteiger partial charge >= 0.3 is 5.97 Å². The first-order chi connectivity index (χ1) is 10.7. The zero-order chi connectivity index (χ0) is 15.9. The molecule has 2 rings (SSSR count). The zero-order valence-electron chi connectivity index (χ0n) is 12.4. The maximum Gasteiger partial charge on any atom is 0.312 e. The van der Waals surface area contributed by atoms with E-state index in [1.165, 1.54) is 7.11 Å². The average Bonchev–Trinajstić information content (AvgIpc) is 2.54. The summed E-state index contributed by atoms with van der Waals surface area (Å²) in [6.45, 7) is 0.443. The first-order valence-corrected chi connectivity index (χ1v) is 6.93. The van der Waals surface area contributed by atoms with Gasteiger partial charge in [-0.15, -0.1) is 0 Å². The van der Waals surface area contributed by atoms with E-state index in [2.05, 4.69) is 0 Å². The van der Waals surface area contributed by atoms with Crippen molar-refractivity contribution in [3.05, 3.63) is 59.7 Å². The van der Waals surface area contributed by atoms with E-state index < -0.39 is 11.9 Å². The van der Waals surface area contributed by atoms with Crippen LogP contribution in [-0.4, -0.2) is 24.7 Å². The van der Waals surface area contributed by atoms with Crippen molar-refractivity contribution in [2.45, 2.75) is 12.5 Å². The fourth-order valence-corrected chi connectivity index (χ4v) is 2.13. The van der Waals surface area contributed by atoms with Crippen molar-refractivity contribution >= 4 is 5.97 Å². The molecule has 0 bridgehead atoms. The van der Waals surface area contributed by atoms with Gasteiger partial charge in [-0.1, -0.05) is 36.4 Å². The first kappa shape index (κ1) is 15.9. The summed E-state index contributed by atoms with van der Waals surface area (Å²) in [7, 11) is 1.52. The molecule has 1 unspecified atom stereocenters. The van der Waals surface area contributed by atoms with Gasteiger partial charge in [0.15, 0.2) is 11.5 Å². The number of aliphatic carboxylic acids is 1. The predicted octanol–water partition coefficient (Wildman–Crippen LogP) is 2.40. The van der Waals surface area contributed by atoms with Crippen molar-refractivity contribution in [2.75, 3.05) is 13.7 Å². The van der Waals surface area contributed by atoms with Crippen LogP contribution in [0.2, 0.25) is 0 Å². The quantitative estimate of drug-likeness (QED) is 0.820. The van der Waals surface area contributed by atoms with E-state index in [4.69, 9.17) is 20.3 Å². The van der Waals surface area contributed by atoms with Gasteiger partial charge in [-0.2, -0.15) is 0 Å². The smallest absolute Gasteiger partial charge is 0.312 e. The monoisotopic (exact) mass is 301 g/mol. The molecule has 3 N–H and O–H groups in total. The van der Waals surface area contributed by atoms with E-state index in [0.29, 0.717) is 23.7 Å². The van der Waals surface area contributed by atoms with Gasteiger partial charge in [-0.05, 0) is 23.3 Å². The van der Waals surface area contributed by atoms with Crippen molar-refractivity contribution in [1.29, 1.82) is 0 Å². The second-order valence-electron chi connectivity index (χ2n) is 4.81. The minimum Gasteiger partial charge on any atom is -0.493 e. The van der Waals surface area contributed by atoms with Crippen LogP contribution in [0, 0.1) is 0 Å². The zero-order valence-corrected chi connectivity index (χ0v) is 12.4. The Morgan fingerprint density at radius 1 is 1.18 bits per heavy atom. The molecular weight excluding hydrogens is 282 g/mol. The van der Waals surface area contributed by atoms with Crippen molar-refractivity contribution in [3.63, 3.8) is 0 Å². The van der Waals surface area contributed by atoms with Gasteiger partial charge in [0.2, 0.25) is 0 Å². The third-order valence-electron chi connectivity index (χ3n) is 3.36. The maximum absolute atomic E-state index is 11.2. The largest absolute Gasteiger partial charge is 0.493 e. The van der Waals surface area contributed by atoms with E-state index in [1.807, 2.05) is 30.3 Å². The molecule has 5 heteroatoms. The summed E-state index contributed by atoms with van der Waals surface area (Å²) in [5, 5.41) is 9.16. The number of carboxylic acids is 1. The van der Waals surface area contributed by atoms with Crippen LogP contribution in [0.5, 0.6) is 11.5 Å². The van der Waals surface area contributed by atoms with Crippen LogP contribution in [-0.2, 0) is 11.4 Å². The molecule has 0 radical (unpaired) electrons. The van der Waals surface area contributed by atoms with Gasteiger partial charge in [0.1, 0.15) is 6.61 Å². The number of nitrogens with two attached hydrogens (primary N) is 1. The predicted molar refractivity (Wildman–Crippen MR) is 83.2 cm³/mol. The number of carboxylic acid groups (broad SMARTS) is 1. The molecule has 0 saturated carbocycles. The highest BCUT2D eigenvalue weighted by Crippen LogP contribution is 2.31. The number of methoxy groups -OCH3 is 1. The van der Waals surface area contributed by atoms with E-state index in [-0.39, 0.29) is 6.54 Å². The lowest BCUT2D eigenvalue weighted by Gasteiger charge is -2.15. The highest BCUT2D eigenvalue weighted by atomic mass is 16.5. The van der Waals surface area contributed by atoms with Crippen LogP contribution in [0.25, 0.3) is 0 Å². The Labute approximate surface area is 129 Å². The summed E-state index contributed by atoms with van der Waals surface area (Å²) in [4.78, 5) is 11.2. The molecule has 0 aromatic heterocycles. The van der Waals surface area contributed by atoms with Crippen molar-refractivity contribution in [2.24, 2.45) is 5.73 Å². The molecule has 2 aromatic carbocycles. The number of rotatable bonds is 7. The molecule has 0 saturated heterocycles. The van der Waals surface area contributed by atoms with Crippen LogP contribution in [0.4, 0.5) is 0 Å². The van der Waals surface area contributed by atoms with Gasteiger partial charge < -0.3 is 20.3 Å². The Morgan fingerprint density at radius 2 is 1.91 bits per heavy atom. The van der Waals surface area contributed by atoms with Gasteiger partial charge in [0.25, 0.3) is 0 Å². The second-order valence-corrected chi connectivity index (χ2v) is 4.81. The van der Waals surface area contributed by atoms with E-state index in [9.17, 15) is 4.79 Å². The fourth-order valence-electron chi connectivity index (χ4n) is 2.13. The van der Waals surface area contributed by atoms with E-state index in [0.717, 1.165) is 5.56 Å². The minimum absolute atomic E-state index is 0.0305. The Bertz CT molecular complexity index is 628. The normalized spacial score (nSPS) is 11.7. The van der Waals surface area contributed by atoms with Gasteiger partial charge in [0, 0.05) is 6.54 Å². The van der Waals surface area contributed by atoms with Gasteiger partial charge in [0.05, 0.1) is 13.0 Å². The molecule has 22 heavy (non-hydrogen) atoms. The highest BCUT2D eigenvalue weighted by Gasteiger charge is 2.19. The number of carbonyl (C=O) groups is 1. The van der Waals surface area contributed by atoms with Gasteiger partial charge in [-0.3, -0.25) is 4.79 Å². The SMILES string of the molecule is COc1cc(C(CN)C(=O)O)ccc1OCc1ccccc1. The summed E-state index contributed by atoms with van der Waals surface area (Å²) in [5.41, 5.74) is 7.15. The van der Waals surface area contributed by atoms with E-state index in [1.54, 1.807) is 18.2 Å². The molecule has 5 nitrogen and oxygen atoms in total. The molecule has 1 atom stereocenters. The number of hydrogen-bond donors (Lipinski definition) is 2. The molecule has 0 heterocycles. The first-order valence-electron chi connectivity index (χ1n) is 6.93. The fraction of sp³-hybridized carbons (Fsp3) is 0.235. The second kappa shape index (κ2) is 7.47. The van der Waals surface area contributed by atoms with Crippen LogP contribution in [0.3, 0.4) is 0 Å². The topological polar surface area (TPSA) is 81.8 Å². The lowest BCUT2D eigenvalue weighted by Crippen LogP contribution is -2.21. The summed E-state index contributed by atoms with van der Waals surface area (Å²) < 4.78 is 11.0. The molecule has 2 aromatic rings. The summed E-state index contributed by atoms with van der Waals surface area (Å²) in [5.74, 6) is -0.649. The number of hydrogen-bond acceptors (Lipinski definition) is 4. The summed E-state index contributed by atoms with van der Waals surface area (Å²) >= 11 is 0. The number of benzene rings is 2. The Balaban J connectivity index is 2.17. The van der Waals surface area contributed by atoms with Crippen molar-refractivity contribution < 1.29 is 19.4 Å². The van der Waals surface area contributed by atoms with Gasteiger partial charge in [-0.25, -0.2) is 0 Å². The lowest BCUT2D eigenvalue weighted by molar-refractivity contribution is -0.138. The van der Waals surface area contributed by atoms with Crippen LogP contribution >= 0.6 is 0 Å². The Hall–Kier alpha value is -2.53. The van der Waals surface area contributed by atoms with Crippen molar-refractivity contribution in [3.8, 4) is 11.5 Å². The Morgan fingerprint density at radius 3 is 2.50 bits per heavy atom. The number of ether oxygens (including phenoxy) is 2. The summed E-state index contributed by atoms with van der Waals surface area (Å²) in [6.07, 6.45) is 0. The molecule has 0 aliphatic carbocycles. The van der Waals surface area contributed by atoms with Crippen LogP contribution < -0.4 is 15.2 Å². The molecule has 0 amide bonds. The van der Waals surface area contributed by atoms with E-state index >= 15 is 0 Å². The third-order valence-corrected chi connectivity index (χ3v) is 3.36. The highest BCUT2D eigenvalue weighted by molar-refractivity contribution is 5.76. The lowest BCUT2D eigenvalue weighted by atomic mass is 9.99. The molecule has 0 spiro atoms. The summed E-state index contributed by atoms with van der Waals surface area (Å²) in [6, 6.07) is 14.8. The molecule has 0 aliphatic heterocycles. The Kier molecular flexibility index (Phi) is 5.38. The molecule has 116 valence electrons. The molecule has 0 aliphatic rings. The standard InChI is InChI=1S/C17H19NO4/c1-21-16-9-13(14(10-18)17(19)20)7-8-15(16)22-11-12-5-3-2-4-6-12/h2-9,14H,10-11,18H2,1H3,(H,19,20). The van der Waals surface area contributed by atoms with Crippen LogP contribution in [0.15, 0.2) is 48.5 Å². The minimum atomic E-state index is -0.956. The molecule has 0 fully saturated rings.